The van der Waals surface area contributed by atoms with Gasteiger partial charge in [0.05, 0.1) is 11.9 Å². The molecule has 0 spiro atoms. The molecule has 1 aliphatic carbocycles. The molecule has 0 bridgehead atoms. The van der Waals surface area contributed by atoms with Crippen LogP contribution in [0.25, 0.3) is 0 Å². The third-order valence-corrected chi connectivity index (χ3v) is 5.09. The Morgan fingerprint density at radius 1 is 1.22 bits per heavy atom. The molecule has 3 N–H and O–H groups in total. The zero-order valence-corrected chi connectivity index (χ0v) is 16.9. The second-order valence-corrected chi connectivity index (χ2v) is 7.41. The Labute approximate surface area is 162 Å². The summed E-state index contributed by atoms with van der Waals surface area (Å²) in [6.07, 6.45) is 6.80. The molecule has 6 heteroatoms. The molecule has 1 saturated carbocycles. The molecule has 1 fully saturated rings. The number of rotatable bonds is 8. The second-order valence-electron chi connectivity index (χ2n) is 7.41. The van der Waals surface area contributed by atoms with Crippen LogP contribution < -0.4 is 21.1 Å². The molecule has 6 nitrogen and oxygen atoms in total. The lowest BCUT2D eigenvalue weighted by Gasteiger charge is -2.31. The number of benzene rings is 1. The Morgan fingerprint density at radius 3 is 2.67 bits per heavy atom. The van der Waals surface area contributed by atoms with Crippen molar-refractivity contribution in [2.24, 2.45) is 0 Å². The van der Waals surface area contributed by atoms with Gasteiger partial charge >= 0.3 is 0 Å². The maximum atomic E-state index is 4.86. The number of hydrogen-bond donors (Lipinski definition) is 3. The van der Waals surface area contributed by atoms with Crippen molar-refractivity contribution in [1.29, 1.82) is 0 Å². The molecule has 146 valence electrons. The average molecular weight is 369 g/mol. The number of hydrogen-bond acceptors (Lipinski definition) is 6. The van der Waals surface area contributed by atoms with Crippen molar-refractivity contribution in [3.8, 4) is 0 Å². The first kappa shape index (κ1) is 19.4. The van der Waals surface area contributed by atoms with Gasteiger partial charge in [-0.05, 0) is 36.5 Å². The fourth-order valence-corrected chi connectivity index (χ4v) is 3.61. The molecule has 3 rings (SSSR count). The highest BCUT2D eigenvalue weighted by molar-refractivity contribution is 5.67. The average Bonchev–Trinajstić information content (AvgIpc) is 3.20. The Balaban J connectivity index is 1.89. The third-order valence-electron chi connectivity index (χ3n) is 5.09. The highest BCUT2D eigenvalue weighted by Crippen LogP contribution is 2.31. The quantitative estimate of drug-likeness (QED) is 0.589. The number of nitrogens with one attached hydrogen (secondary N) is 3. The molecule has 1 aromatic carbocycles. The minimum atomic E-state index is 0.476. The van der Waals surface area contributed by atoms with Gasteiger partial charge in [-0.15, -0.1) is 0 Å². The summed E-state index contributed by atoms with van der Waals surface area (Å²) in [4.78, 5) is 9.37. The van der Waals surface area contributed by atoms with Crippen LogP contribution in [0.2, 0.25) is 0 Å². The summed E-state index contributed by atoms with van der Waals surface area (Å²) in [6.45, 7) is 7.39. The van der Waals surface area contributed by atoms with Crippen LogP contribution in [0.3, 0.4) is 0 Å². The van der Waals surface area contributed by atoms with E-state index < -0.39 is 0 Å². The van der Waals surface area contributed by atoms with Gasteiger partial charge in [0.15, 0.2) is 5.82 Å². The van der Waals surface area contributed by atoms with Crippen molar-refractivity contribution in [2.75, 3.05) is 29.2 Å². The van der Waals surface area contributed by atoms with Crippen LogP contribution in [0, 0.1) is 0 Å². The number of hydrazine groups is 1. The molecule has 0 aliphatic heterocycles. The second kappa shape index (κ2) is 9.04. The zero-order chi connectivity index (χ0) is 19.2. The van der Waals surface area contributed by atoms with Crippen molar-refractivity contribution in [3.63, 3.8) is 0 Å². The third kappa shape index (κ3) is 4.69. The smallest absolute Gasteiger partial charge is 0.229 e. The van der Waals surface area contributed by atoms with E-state index in [1.165, 1.54) is 31.2 Å². The molecular weight excluding hydrogens is 336 g/mol. The number of anilines is 4. The molecule has 0 atom stereocenters. The van der Waals surface area contributed by atoms with E-state index in [-0.39, 0.29) is 0 Å². The van der Waals surface area contributed by atoms with Crippen LogP contribution in [-0.4, -0.2) is 29.6 Å². The molecule has 0 unspecified atom stereocenters. The summed E-state index contributed by atoms with van der Waals surface area (Å²) in [5.41, 5.74) is 6.75. The summed E-state index contributed by atoms with van der Waals surface area (Å²) in [6, 6.07) is 8.92. The van der Waals surface area contributed by atoms with E-state index >= 15 is 0 Å². The summed E-state index contributed by atoms with van der Waals surface area (Å²) in [5.74, 6) is 2.01. The van der Waals surface area contributed by atoms with Gasteiger partial charge in [-0.1, -0.05) is 45.7 Å². The van der Waals surface area contributed by atoms with Crippen molar-refractivity contribution >= 4 is 23.1 Å². The van der Waals surface area contributed by atoms with Gasteiger partial charge < -0.3 is 10.6 Å². The summed E-state index contributed by atoms with van der Waals surface area (Å²) >= 11 is 0. The molecular formula is C21H32N6. The van der Waals surface area contributed by atoms with Crippen molar-refractivity contribution in [2.45, 2.75) is 58.4 Å². The van der Waals surface area contributed by atoms with Crippen LogP contribution in [0.15, 0.2) is 30.5 Å². The van der Waals surface area contributed by atoms with E-state index in [1.807, 2.05) is 13.2 Å². The minimum Gasteiger partial charge on any atom is -0.384 e. The molecule has 1 heterocycles. The van der Waals surface area contributed by atoms with Crippen molar-refractivity contribution < 1.29 is 0 Å². The largest absolute Gasteiger partial charge is 0.384 e. The molecule has 0 amide bonds. The fourth-order valence-electron chi connectivity index (χ4n) is 3.61. The fraction of sp³-hybridized carbons (Fsp3) is 0.524. The number of aromatic nitrogens is 2. The van der Waals surface area contributed by atoms with Gasteiger partial charge in [0, 0.05) is 25.3 Å². The summed E-state index contributed by atoms with van der Waals surface area (Å²) in [5, 5.41) is 8.84. The van der Waals surface area contributed by atoms with Crippen molar-refractivity contribution in [1.82, 2.24) is 15.4 Å². The molecule has 0 saturated heterocycles. The first-order valence-corrected chi connectivity index (χ1v) is 10.1. The van der Waals surface area contributed by atoms with E-state index in [0.717, 1.165) is 23.7 Å². The SMILES string of the molecule is CCNN(c1nc(Nc2cccc(C(C)C)c2)ncc1NC)C1CCCC1. The van der Waals surface area contributed by atoms with Gasteiger partial charge in [0.1, 0.15) is 0 Å². The predicted molar refractivity (Wildman–Crippen MR) is 114 cm³/mol. The van der Waals surface area contributed by atoms with E-state index in [4.69, 9.17) is 4.98 Å². The lowest BCUT2D eigenvalue weighted by molar-refractivity contribution is 0.524. The Morgan fingerprint density at radius 2 is 2.00 bits per heavy atom. The van der Waals surface area contributed by atoms with Crippen LogP contribution in [0.1, 0.15) is 57.9 Å². The molecule has 0 radical (unpaired) electrons. The van der Waals surface area contributed by atoms with Gasteiger partial charge in [-0.25, -0.2) is 10.4 Å². The van der Waals surface area contributed by atoms with Crippen LogP contribution >= 0.6 is 0 Å². The Bertz CT molecular complexity index is 739. The van der Waals surface area contributed by atoms with Crippen LogP contribution in [0.5, 0.6) is 0 Å². The monoisotopic (exact) mass is 368 g/mol. The first-order valence-electron chi connectivity index (χ1n) is 10.1. The molecule has 1 aromatic heterocycles. The van der Waals surface area contributed by atoms with Gasteiger partial charge in [-0.3, -0.25) is 5.01 Å². The topological polar surface area (TPSA) is 65.1 Å². The Hall–Kier alpha value is -2.34. The molecule has 27 heavy (non-hydrogen) atoms. The normalized spacial score (nSPS) is 14.6. The zero-order valence-electron chi connectivity index (χ0n) is 16.9. The highest BCUT2D eigenvalue weighted by Gasteiger charge is 2.26. The number of nitrogens with zero attached hydrogens (tertiary/aromatic N) is 3. The van der Waals surface area contributed by atoms with E-state index in [2.05, 4.69) is 71.1 Å². The molecule has 1 aliphatic rings. The van der Waals surface area contributed by atoms with E-state index in [9.17, 15) is 0 Å². The Kier molecular flexibility index (Phi) is 6.50. The molecule has 2 aromatic rings. The highest BCUT2D eigenvalue weighted by atomic mass is 15.5. The van der Waals surface area contributed by atoms with E-state index in [0.29, 0.717) is 17.9 Å². The van der Waals surface area contributed by atoms with Crippen LogP contribution in [-0.2, 0) is 0 Å². The lowest BCUT2D eigenvalue weighted by Crippen LogP contribution is -2.45. The predicted octanol–water partition coefficient (Wildman–Crippen LogP) is 4.66. The lowest BCUT2D eigenvalue weighted by atomic mass is 10.0. The van der Waals surface area contributed by atoms with Crippen LogP contribution in [0.4, 0.5) is 23.1 Å². The maximum Gasteiger partial charge on any atom is 0.229 e. The summed E-state index contributed by atoms with van der Waals surface area (Å²) < 4.78 is 0. The van der Waals surface area contributed by atoms with E-state index in [1.54, 1.807) is 0 Å². The van der Waals surface area contributed by atoms with Crippen molar-refractivity contribution in [3.05, 3.63) is 36.0 Å². The maximum absolute atomic E-state index is 4.86. The van der Waals surface area contributed by atoms with Gasteiger partial charge in [0.25, 0.3) is 0 Å². The minimum absolute atomic E-state index is 0.476. The summed E-state index contributed by atoms with van der Waals surface area (Å²) in [7, 11) is 1.92. The first-order chi connectivity index (χ1) is 13.1. The standard InChI is InChI=1S/C21H32N6/c1-5-24-27(18-11-6-7-12-18)20-19(22-4)14-23-21(26-20)25-17-10-8-9-16(13-17)15(2)3/h8-10,13-15,18,22,24H,5-7,11-12H2,1-4H3,(H,23,25,26). The van der Waals surface area contributed by atoms with Gasteiger partial charge in [-0.2, -0.15) is 4.98 Å². The van der Waals surface area contributed by atoms with Gasteiger partial charge in [0.2, 0.25) is 5.95 Å².